The lowest BCUT2D eigenvalue weighted by atomic mass is 10.2. The quantitative estimate of drug-likeness (QED) is 0.760. The van der Waals surface area contributed by atoms with Gasteiger partial charge in [0.1, 0.15) is 5.82 Å². The highest BCUT2D eigenvalue weighted by Gasteiger charge is 1.99. The van der Waals surface area contributed by atoms with Crippen LogP contribution in [0.3, 0.4) is 0 Å². The molecular weight excluding hydrogens is 224 g/mol. The van der Waals surface area contributed by atoms with Crippen molar-refractivity contribution in [2.75, 3.05) is 5.32 Å². The minimum atomic E-state index is 0.829. The van der Waals surface area contributed by atoms with Gasteiger partial charge >= 0.3 is 0 Å². The van der Waals surface area contributed by atoms with Crippen molar-refractivity contribution in [1.29, 1.82) is 0 Å². The first kappa shape index (κ1) is 10.5. The number of rotatable bonds is 3. The Kier molecular flexibility index (Phi) is 2.75. The zero-order valence-electron chi connectivity index (χ0n) is 9.69. The number of nitrogens with zero attached hydrogens (tertiary/aromatic N) is 3. The molecule has 18 heavy (non-hydrogen) atoms. The smallest absolute Gasteiger partial charge is 0.130 e. The van der Waals surface area contributed by atoms with E-state index >= 15 is 0 Å². The van der Waals surface area contributed by atoms with E-state index in [0.29, 0.717) is 0 Å². The van der Waals surface area contributed by atoms with E-state index in [9.17, 15) is 0 Å². The molecule has 0 radical (unpaired) electrons. The summed E-state index contributed by atoms with van der Waals surface area (Å²) in [4.78, 5) is 4.23. The third-order valence-electron chi connectivity index (χ3n) is 2.55. The van der Waals surface area contributed by atoms with E-state index in [0.717, 1.165) is 17.2 Å². The van der Waals surface area contributed by atoms with Crippen LogP contribution in [0.5, 0.6) is 0 Å². The van der Waals surface area contributed by atoms with E-state index in [1.807, 2.05) is 59.4 Å². The van der Waals surface area contributed by atoms with Crippen LogP contribution in [0.15, 0.2) is 67.1 Å². The average Bonchev–Trinajstić information content (AvgIpc) is 2.94. The van der Waals surface area contributed by atoms with Crippen LogP contribution in [0.1, 0.15) is 0 Å². The number of nitrogens with one attached hydrogen (secondary N) is 1. The number of hydrogen-bond donors (Lipinski definition) is 1. The van der Waals surface area contributed by atoms with Gasteiger partial charge in [-0.3, -0.25) is 0 Å². The molecule has 1 aromatic carbocycles. The Morgan fingerprint density at radius 3 is 2.72 bits per heavy atom. The maximum atomic E-state index is 4.23. The molecule has 4 heteroatoms. The molecule has 3 rings (SSSR count). The van der Waals surface area contributed by atoms with Crippen LogP contribution in [0.2, 0.25) is 0 Å². The molecule has 0 fully saturated rings. The van der Waals surface area contributed by atoms with Crippen molar-refractivity contribution in [2.45, 2.75) is 0 Å². The molecule has 0 amide bonds. The van der Waals surface area contributed by atoms with Gasteiger partial charge in [-0.05, 0) is 36.4 Å². The summed E-state index contributed by atoms with van der Waals surface area (Å²) in [5.41, 5.74) is 2.00. The van der Waals surface area contributed by atoms with Crippen molar-refractivity contribution >= 4 is 11.5 Å². The Morgan fingerprint density at radius 2 is 1.94 bits per heavy atom. The second-order valence-corrected chi connectivity index (χ2v) is 3.84. The van der Waals surface area contributed by atoms with E-state index in [4.69, 9.17) is 0 Å². The predicted molar refractivity (Wildman–Crippen MR) is 71.1 cm³/mol. The molecule has 1 N–H and O–H groups in total. The highest BCUT2D eigenvalue weighted by Crippen LogP contribution is 2.17. The Labute approximate surface area is 105 Å². The van der Waals surface area contributed by atoms with Gasteiger partial charge in [0, 0.05) is 24.3 Å². The number of pyridine rings is 1. The second-order valence-electron chi connectivity index (χ2n) is 3.84. The normalized spacial score (nSPS) is 10.2. The molecular formula is C14H12N4. The summed E-state index contributed by atoms with van der Waals surface area (Å²) in [6.45, 7) is 0. The van der Waals surface area contributed by atoms with Crippen LogP contribution in [0.25, 0.3) is 5.69 Å². The summed E-state index contributed by atoms with van der Waals surface area (Å²) in [7, 11) is 0. The van der Waals surface area contributed by atoms with Gasteiger partial charge in [0.15, 0.2) is 0 Å². The standard InChI is InChI=1S/C14H12N4/c1-2-8-15-14(7-1)17-12-5-3-6-13(11-12)18-10-4-9-16-18/h1-11H,(H,15,17). The molecule has 2 aromatic heterocycles. The fourth-order valence-electron chi connectivity index (χ4n) is 1.73. The lowest BCUT2D eigenvalue weighted by molar-refractivity contribution is 0.881. The van der Waals surface area contributed by atoms with E-state index < -0.39 is 0 Å². The highest BCUT2D eigenvalue weighted by molar-refractivity contribution is 5.59. The molecule has 0 aliphatic rings. The number of benzene rings is 1. The van der Waals surface area contributed by atoms with E-state index in [-0.39, 0.29) is 0 Å². The zero-order valence-corrected chi connectivity index (χ0v) is 9.69. The van der Waals surface area contributed by atoms with Crippen LogP contribution in [0.4, 0.5) is 11.5 Å². The molecule has 0 aliphatic carbocycles. The molecule has 0 saturated carbocycles. The van der Waals surface area contributed by atoms with Gasteiger partial charge in [0.05, 0.1) is 5.69 Å². The second kappa shape index (κ2) is 4.71. The van der Waals surface area contributed by atoms with Gasteiger partial charge in [-0.1, -0.05) is 12.1 Å². The van der Waals surface area contributed by atoms with Crippen LogP contribution in [-0.4, -0.2) is 14.8 Å². The van der Waals surface area contributed by atoms with E-state index in [2.05, 4.69) is 15.4 Å². The fourth-order valence-corrected chi connectivity index (χ4v) is 1.73. The molecule has 0 spiro atoms. The van der Waals surface area contributed by atoms with Gasteiger partial charge in [-0.25, -0.2) is 9.67 Å². The summed E-state index contributed by atoms with van der Waals surface area (Å²) in [6.07, 6.45) is 5.44. The Morgan fingerprint density at radius 1 is 0.944 bits per heavy atom. The first-order valence-corrected chi connectivity index (χ1v) is 5.70. The minimum absolute atomic E-state index is 0.829. The van der Waals surface area contributed by atoms with Crippen LogP contribution < -0.4 is 5.32 Å². The van der Waals surface area contributed by atoms with Crippen molar-refractivity contribution < 1.29 is 0 Å². The first-order valence-electron chi connectivity index (χ1n) is 5.70. The molecule has 4 nitrogen and oxygen atoms in total. The summed E-state index contributed by atoms with van der Waals surface area (Å²) in [5, 5.41) is 7.46. The Bertz CT molecular complexity index is 617. The van der Waals surface area contributed by atoms with Crippen LogP contribution in [0, 0.1) is 0 Å². The van der Waals surface area contributed by atoms with Gasteiger partial charge in [0.2, 0.25) is 0 Å². The van der Waals surface area contributed by atoms with E-state index in [1.54, 1.807) is 12.4 Å². The maximum Gasteiger partial charge on any atom is 0.130 e. The third kappa shape index (κ3) is 2.22. The lowest BCUT2D eigenvalue weighted by Gasteiger charge is -2.07. The van der Waals surface area contributed by atoms with Crippen molar-refractivity contribution in [3.8, 4) is 5.69 Å². The van der Waals surface area contributed by atoms with Crippen molar-refractivity contribution in [3.63, 3.8) is 0 Å². The van der Waals surface area contributed by atoms with Gasteiger partial charge in [-0.2, -0.15) is 5.10 Å². The lowest BCUT2D eigenvalue weighted by Crippen LogP contribution is -1.97. The van der Waals surface area contributed by atoms with Crippen LogP contribution >= 0.6 is 0 Å². The summed E-state index contributed by atoms with van der Waals surface area (Å²) in [6, 6.07) is 15.7. The molecule has 0 aliphatic heterocycles. The topological polar surface area (TPSA) is 42.7 Å². The molecule has 0 bridgehead atoms. The van der Waals surface area contributed by atoms with Crippen molar-refractivity contribution in [3.05, 3.63) is 67.1 Å². The summed E-state index contributed by atoms with van der Waals surface area (Å²) in [5.74, 6) is 0.829. The summed E-state index contributed by atoms with van der Waals surface area (Å²) < 4.78 is 1.82. The monoisotopic (exact) mass is 236 g/mol. The van der Waals surface area contributed by atoms with Crippen molar-refractivity contribution in [2.24, 2.45) is 0 Å². The average molecular weight is 236 g/mol. The molecule has 88 valence electrons. The largest absolute Gasteiger partial charge is 0.340 e. The Balaban J connectivity index is 1.88. The number of anilines is 2. The molecule has 0 saturated heterocycles. The van der Waals surface area contributed by atoms with Gasteiger partial charge in [-0.15, -0.1) is 0 Å². The number of aromatic nitrogens is 3. The SMILES string of the molecule is c1ccc(Nc2cccc(-n3cccn3)c2)nc1. The molecule has 3 aromatic rings. The van der Waals surface area contributed by atoms with Crippen molar-refractivity contribution in [1.82, 2.24) is 14.8 Å². The maximum absolute atomic E-state index is 4.23. The zero-order chi connectivity index (χ0) is 12.2. The predicted octanol–water partition coefficient (Wildman–Crippen LogP) is 3.01. The fraction of sp³-hybridized carbons (Fsp3) is 0. The molecule has 0 unspecified atom stereocenters. The first-order chi connectivity index (χ1) is 8.92. The summed E-state index contributed by atoms with van der Waals surface area (Å²) >= 11 is 0. The van der Waals surface area contributed by atoms with E-state index in [1.165, 1.54) is 0 Å². The van der Waals surface area contributed by atoms with Gasteiger partial charge in [0.25, 0.3) is 0 Å². The highest BCUT2D eigenvalue weighted by atomic mass is 15.3. The van der Waals surface area contributed by atoms with Gasteiger partial charge < -0.3 is 5.32 Å². The molecule has 2 heterocycles. The molecule has 0 atom stereocenters. The Hall–Kier alpha value is -2.62. The van der Waals surface area contributed by atoms with Crippen LogP contribution in [-0.2, 0) is 0 Å². The number of hydrogen-bond acceptors (Lipinski definition) is 3. The minimum Gasteiger partial charge on any atom is -0.340 e. The third-order valence-corrected chi connectivity index (χ3v) is 2.55.